The largest absolute Gasteiger partial charge is 0.330 e. The molecule has 1 amide bonds. The smallest absolute Gasteiger partial charge is 0.251 e. The molecule has 1 aliphatic heterocycles. The van der Waals surface area contributed by atoms with Crippen molar-refractivity contribution in [1.82, 2.24) is 5.01 Å². The van der Waals surface area contributed by atoms with Gasteiger partial charge in [-0.2, -0.15) is 5.10 Å². The summed E-state index contributed by atoms with van der Waals surface area (Å²) in [4.78, 5) is 11.8. The van der Waals surface area contributed by atoms with E-state index >= 15 is 0 Å². The zero-order valence-corrected chi connectivity index (χ0v) is 8.99. The molecule has 14 heavy (non-hydrogen) atoms. The SMILES string of the molecule is CCCC1=NN(CC)C(=O)C1CCN. The first-order valence-corrected chi connectivity index (χ1v) is 5.33. The number of carbonyl (C=O) groups is 1. The van der Waals surface area contributed by atoms with E-state index in [4.69, 9.17) is 5.73 Å². The molecule has 0 bridgehead atoms. The van der Waals surface area contributed by atoms with Crippen LogP contribution < -0.4 is 5.73 Å². The first-order chi connectivity index (χ1) is 6.74. The van der Waals surface area contributed by atoms with Gasteiger partial charge in [0.15, 0.2) is 0 Å². The van der Waals surface area contributed by atoms with Crippen molar-refractivity contribution in [3.05, 3.63) is 0 Å². The van der Waals surface area contributed by atoms with Gasteiger partial charge in [-0.3, -0.25) is 4.79 Å². The van der Waals surface area contributed by atoms with E-state index in [-0.39, 0.29) is 11.8 Å². The number of hydrogen-bond acceptors (Lipinski definition) is 3. The molecular weight excluding hydrogens is 178 g/mol. The number of rotatable bonds is 5. The average molecular weight is 197 g/mol. The molecule has 4 heteroatoms. The molecule has 1 rings (SSSR count). The maximum atomic E-state index is 11.8. The topological polar surface area (TPSA) is 58.7 Å². The van der Waals surface area contributed by atoms with E-state index in [1.165, 1.54) is 0 Å². The zero-order valence-electron chi connectivity index (χ0n) is 8.99. The van der Waals surface area contributed by atoms with Crippen LogP contribution in [0.25, 0.3) is 0 Å². The Kier molecular flexibility index (Phi) is 4.07. The number of nitrogens with zero attached hydrogens (tertiary/aromatic N) is 2. The average Bonchev–Trinajstić information content (AvgIpc) is 2.47. The zero-order chi connectivity index (χ0) is 10.6. The van der Waals surface area contributed by atoms with Crippen molar-refractivity contribution in [2.24, 2.45) is 16.8 Å². The van der Waals surface area contributed by atoms with Gasteiger partial charge in [-0.25, -0.2) is 5.01 Å². The molecule has 1 heterocycles. The van der Waals surface area contributed by atoms with Gasteiger partial charge in [0.2, 0.25) is 0 Å². The number of amides is 1. The minimum atomic E-state index is -0.0418. The van der Waals surface area contributed by atoms with E-state index in [9.17, 15) is 4.79 Å². The number of hydrogen-bond donors (Lipinski definition) is 1. The van der Waals surface area contributed by atoms with Crippen LogP contribution in [0.3, 0.4) is 0 Å². The summed E-state index contributed by atoms with van der Waals surface area (Å²) in [6, 6.07) is 0. The lowest BCUT2D eigenvalue weighted by Gasteiger charge is -2.11. The Bertz CT molecular complexity index is 238. The fourth-order valence-corrected chi connectivity index (χ4v) is 1.76. The summed E-state index contributed by atoms with van der Waals surface area (Å²) in [5, 5.41) is 5.88. The lowest BCUT2D eigenvalue weighted by atomic mass is 9.96. The number of carbonyl (C=O) groups excluding carboxylic acids is 1. The van der Waals surface area contributed by atoms with Gasteiger partial charge in [0.1, 0.15) is 0 Å². The van der Waals surface area contributed by atoms with Crippen LogP contribution >= 0.6 is 0 Å². The molecule has 0 aliphatic carbocycles. The van der Waals surface area contributed by atoms with Crippen molar-refractivity contribution in [2.75, 3.05) is 13.1 Å². The van der Waals surface area contributed by atoms with Gasteiger partial charge in [-0.1, -0.05) is 13.3 Å². The predicted molar refractivity (Wildman–Crippen MR) is 56.9 cm³/mol. The first kappa shape index (κ1) is 11.2. The Morgan fingerprint density at radius 2 is 2.21 bits per heavy atom. The highest BCUT2D eigenvalue weighted by Crippen LogP contribution is 2.21. The molecule has 0 saturated heterocycles. The summed E-state index contributed by atoms with van der Waals surface area (Å²) in [5.74, 6) is 0.0845. The molecule has 2 N–H and O–H groups in total. The van der Waals surface area contributed by atoms with Gasteiger partial charge >= 0.3 is 0 Å². The summed E-state index contributed by atoms with van der Waals surface area (Å²) in [6.07, 6.45) is 2.67. The lowest BCUT2D eigenvalue weighted by molar-refractivity contribution is -0.131. The molecule has 1 aliphatic rings. The molecule has 0 aromatic heterocycles. The Labute approximate surface area is 85.1 Å². The molecule has 0 aromatic carbocycles. The maximum Gasteiger partial charge on any atom is 0.251 e. The fourth-order valence-electron chi connectivity index (χ4n) is 1.76. The molecule has 0 saturated carbocycles. The van der Waals surface area contributed by atoms with Crippen molar-refractivity contribution < 1.29 is 4.79 Å². The third-order valence-corrected chi connectivity index (χ3v) is 2.46. The van der Waals surface area contributed by atoms with Crippen molar-refractivity contribution >= 4 is 11.6 Å². The quantitative estimate of drug-likeness (QED) is 0.714. The van der Waals surface area contributed by atoms with Gasteiger partial charge < -0.3 is 5.73 Å². The van der Waals surface area contributed by atoms with Crippen LogP contribution in [0.4, 0.5) is 0 Å². The molecular formula is C10H19N3O. The van der Waals surface area contributed by atoms with Crippen LogP contribution in [0.15, 0.2) is 5.10 Å². The Balaban J connectivity index is 2.71. The molecule has 80 valence electrons. The summed E-state index contributed by atoms with van der Waals surface area (Å²) in [7, 11) is 0. The molecule has 0 fully saturated rings. The highest BCUT2D eigenvalue weighted by Gasteiger charge is 2.33. The van der Waals surface area contributed by atoms with E-state index < -0.39 is 0 Å². The van der Waals surface area contributed by atoms with Gasteiger partial charge in [0.25, 0.3) is 5.91 Å². The molecule has 1 atom stereocenters. The standard InChI is InChI=1S/C10H19N3O/c1-3-5-9-8(6-7-11)10(14)13(4-2)12-9/h8H,3-7,11H2,1-2H3. The van der Waals surface area contributed by atoms with E-state index in [0.29, 0.717) is 13.1 Å². The van der Waals surface area contributed by atoms with Crippen molar-refractivity contribution in [1.29, 1.82) is 0 Å². The number of nitrogens with two attached hydrogens (primary N) is 1. The van der Waals surface area contributed by atoms with Crippen molar-refractivity contribution in [2.45, 2.75) is 33.1 Å². The third kappa shape index (κ3) is 2.12. The number of hydrazone groups is 1. The molecule has 1 unspecified atom stereocenters. The van der Waals surface area contributed by atoms with E-state index in [0.717, 1.165) is 25.0 Å². The van der Waals surface area contributed by atoms with Crippen LogP contribution in [0, 0.1) is 5.92 Å². The summed E-state index contributed by atoms with van der Waals surface area (Å²) in [5.41, 5.74) is 6.51. The maximum absolute atomic E-state index is 11.8. The van der Waals surface area contributed by atoms with Crippen molar-refractivity contribution in [3.63, 3.8) is 0 Å². The highest BCUT2D eigenvalue weighted by atomic mass is 16.2. The molecule has 0 radical (unpaired) electrons. The van der Waals surface area contributed by atoms with Gasteiger partial charge in [-0.15, -0.1) is 0 Å². The molecule has 0 spiro atoms. The summed E-state index contributed by atoms with van der Waals surface area (Å²) in [6.45, 7) is 5.25. The highest BCUT2D eigenvalue weighted by molar-refractivity contribution is 6.07. The second kappa shape index (κ2) is 5.10. The second-order valence-corrected chi connectivity index (χ2v) is 3.53. The summed E-state index contributed by atoms with van der Waals surface area (Å²) >= 11 is 0. The van der Waals surface area contributed by atoms with Crippen molar-refractivity contribution in [3.8, 4) is 0 Å². The van der Waals surface area contributed by atoms with Crippen LogP contribution in [-0.2, 0) is 4.79 Å². The second-order valence-electron chi connectivity index (χ2n) is 3.53. The molecule has 4 nitrogen and oxygen atoms in total. The fraction of sp³-hybridized carbons (Fsp3) is 0.800. The Hall–Kier alpha value is -0.900. The van der Waals surface area contributed by atoms with Gasteiger partial charge in [0, 0.05) is 6.54 Å². The van der Waals surface area contributed by atoms with Gasteiger partial charge in [-0.05, 0) is 26.3 Å². The Morgan fingerprint density at radius 3 is 2.71 bits per heavy atom. The lowest BCUT2D eigenvalue weighted by Crippen LogP contribution is -2.29. The van der Waals surface area contributed by atoms with Crippen LogP contribution in [0.5, 0.6) is 0 Å². The monoisotopic (exact) mass is 197 g/mol. The van der Waals surface area contributed by atoms with E-state index in [2.05, 4.69) is 12.0 Å². The van der Waals surface area contributed by atoms with Gasteiger partial charge in [0.05, 0.1) is 11.6 Å². The summed E-state index contributed by atoms with van der Waals surface area (Å²) < 4.78 is 0. The molecule has 0 aromatic rings. The van der Waals surface area contributed by atoms with Crippen LogP contribution in [-0.4, -0.2) is 29.7 Å². The minimum absolute atomic E-state index is 0.0418. The normalized spacial score (nSPS) is 21.6. The first-order valence-electron chi connectivity index (χ1n) is 5.33. The predicted octanol–water partition coefficient (Wildman–Crippen LogP) is 0.970. The third-order valence-electron chi connectivity index (χ3n) is 2.46. The van der Waals surface area contributed by atoms with Crippen LogP contribution in [0.2, 0.25) is 0 Å². The van der Waals surface area contributed by atoms with Crippen LogP contribution in [0.1, 0.15) is 33.1 Å². The Morgan fingerprint density at radius 1 is 1.50 bits per heavy atom. The van der Waals surface area contributed by atoms with E-state index in [1.807, 2.05) is 6.92 Å². The van der Waals surface area contributed by atoms with E-state index in [1.54, 1.807) is 5.01 Å². The minimum Gasteiger partial charge on any atom is -0.330 e.